The fourth-order valence-corrected chi connectivity index (χ4v) is 3.07. The molecule has 0 spiro atoms. The first-order chi connectivity index (χ1) is 9.69. The summed E-state index contributed by atoms with van der Waals surface area (Å²) in [5.74, 6) is -0.778. The first-order valence-electron chi connectivity index (χ1n) is 6.80. The van der Waals surface area contributed by atoms with Crippen molar-refractivity contribution >= 4 is 23.0 Å². The summed E-state index contributed by atoms with van der Waals surface area (Å²) >= 11 is 1.56. The molecule has 1 aromatic heterocycles. The summed E-state index contributed by atoms with van der Waals surface area (Å²) in [7, 11) is 0. The lowest BCUT2D eigenvalue weighted by Gasteiger charge is -2.10. The van der Waals surface area contributed by atoms with E-state index in [1.165, 1.54) is 11.3 Å². The van der Waals surface area contributed by atoms with Gasteiger partial charge < -0.3 is 10.4 Å². The molecule has 0 aliphatic rings. The molecule has 0 amide bonds. The maximum atomic E-state index is 10.7. The van der Waals surface area contributed by atoms with Crippen LogP contribution in [0.1, 0.15) is 28.7 Å². The molecule has 1 heterocycles. The van der Waals surface area contributed by atoms with Gasteiger partial charge in [-0.3, -0.25) is 4.79 Å². The van der Waals surface area contributed by atoms with Crippen molar-refractivity contribution in [2.45, 2.75) is 32.7 Å². The molecule has 3 nitrogen and oxygen atoms in total. The fraction of sp³-hybridized carbons (Fsp3) is 0.312. The van der Waals surface area contributed by atoms with Crippen LogP contribution < -0.4 is 5.32 Å². The second kappa shape index (κ2) is 7.10. The number of carboxylic acid groups (broad SMARTS) is 1. The van der Waals surface area contributed by atoms with Crippen molar-refractivity contribution in [1.82, 2.24) is 0 Å². The Balaban J connectivity index is 1.98. The third kappa shape index (κ3) is 4.10. The molecule has 20 heavy (non-hydrogen) atoms. The molecule has 0 radical (unpaired) electrons. The summed E-state index contributed by atoms with van der Waals surface area (Å²) in [5, 5.41) is 12.2. The molecular weight excluding hydrogens is 270 g/mol. The molecule has 1 aromatic carbocycles. The van der Waals surface area contributed by atoms with E-state index < -0.39 is 5.97 Å². The molecule has 0 bridgehead atoms. The van der Waals surface area contributed by atoms with Crippen LogP contribution in [0.15, 0.2) is 36.4 Å². The lowest BCUT2D eigenvalue weighted by Crippen LogP contribution is -2.01. The standard InChI is InChI=1S/C16H19NO2S/c1-2-5-12-6-3-4-7-15(12)17-11-14-9-8-13(20-14)10-16(18)19/h3-4,6-9,17H,2,5,10-11H2,1H3,(H,18,19). The first kappa shape index (κ1) is 14.6. The zero-order valence-corrected chi connectivity index (χ0v) is 12.4. The van der Waals surface area contributed by atoms with E-state index in [1.54, 1.807) is 11.3 Å². The van der Waals surface area contributed by atoms with Gasteiger partial charge in [0.25, 0.3) is 0 Å². The van der Waals surface area contributed by atoms with Crippen LogP contribution >= 0.6 is 11.3 Å². The molecule has 2 N–H and O–H groups in total. The number of carboxylic acids is 1. The fourth-order valence-electron chi connectivity index (χ4n) is 2.12. The number of rotatable bonds is 7. The smallest absolute Gasteiger partial charge is 0.308 e. The van der Waals surface area contributed by atoms with Crippen LogP contribution in [0.4, 0.5) is 5.69 Å². The minimum atomic E-state index is -0.778. The average Bonchev–Trinajstić information content (AvgIpc) is 2.85. The Morgan fingerprint density at radius 1 is 1.20 bits per heavy atom. The van der Waals surface area contributed by atoms with Crippen LogP contribution in [0.5, 0.6) is 0 Å². The Morgan fingerprint density at radius 2 is 1.95 bits per heavy atom. The first-order valence-corrected chi connectivity index (χ1v) is 7.62. The van der Waals surface area contributed by atoms with Gasteiger partial charge in [0.2, 0.25) is 0 Å². The van der Waals surface area contributed by atoms with Crippen LogP contribution in [0.3, 0.4) is 0 Å². The number of benzene rings is 1. The van der Waals surface area contributed by atoms with Gasteiger partial charge in [0.15, 0.2) is 0 Å². The number of nitrogens with one attached hydrogen (secondary N) is 1. The molecule has 0 saturated carbocycles. The number of aliphatic carboxylic acids is 1. The normalized spacial score (nSPS) is 10.4. The monoisotopic (exact) mass is 289 g/mol. The zero-order valence-electron chi connectivity index (χ0n) is 11.6. The quantitative estimate of drug-likeness (QED) is 0.811. The van der Waals surface area contributed by atoms with Crippen LogP contribution in [0.25, 0.3) is 0 Å². The van der Waals surface area contributed by atoms with Gasteiger partial charge in [0, 0.05) is 22.0 Å². The lowest BCUT2D eigenvalue weighted by atomic mass is 10.1. The molecule has 106 valence electrons. The average molecular weight is 289 g/mol. The van der Waals surface area contributed by atoms with Gasteiger partial charge in [0.1, 0.15) is 0 Å². The van der Waals surface area contributed by atoms with Crippen LogP contribution in [-0.4, -0.2) is 11.1 Å². The number of para-hydroxylation sites is 1. The van der Waals surface area contributed by atoms with Gasteiger partial charge in [-0.25, -0.2) is 0 Å². The summed E-state index contributed by atoms with van der Waals surface area (Å²) in [6.45, 7) is 2.92. The number of aryl methyl sites for hydroxylation is 1. The number of carbonyl (C=O) groups is 1. The van der Waals surface area contributed by atoms with Gasteiger partial charge in [-0.15, -0.1) is 11.3 Å². The second-order valence-electron chi connectivity index (χ2n) is 4.70. The van der Waals surface area contributed by atoms with Gasteiger partial charge in [-0.1, -0.05) is 31.5 Å². The number of thiophene rings is 1. The van der Waals surface area contributed by atoms with E-state index in [-0.39, 0.29) is 6.42 Å². The highest BCUT2D eigenvalue weighted by molar-refractivity contribution is 7.12. The van der Waals surface area contributed by atoms with Gasteiger partial charge in [-0.05, 0) is 30.2 Å². The van der Waals surface area contributed by atoms with Gasteiger partial charge >= 0.3 is 5.97 Å². The van der Waals surface area contributed by atoms with E-state index in [9.17, 15) is 4.79 Å². The molecule has 0 unspecified atom stereocenters. The summed E-state index contributed by atoms with van der Waals surface area (Å²) in [5.41, 5.74) is 2.50. The summed E-state index contributed by atoms with van der Waals surface area (Å²) < 4.78 is 0. The predicted molar refractivity (Wildman–Crippen MR) is 83.4 cm³/mol. The third-order valence-electron chi connectivity index (χ3n) is 3.03. The van der Waals surface area contributed by atoms with Crippen molar-refractivity contribution in [3.63, 3.8) is 0 Å². The molecule has 0 saturated heterocycles. The minimum absolute atomic E-state index is 0.108. The van der Waals surface area contributed by atoms with Gasteiger partial charge in [0.05, 0.1) is 6.42 Å². The highest BCUT2D eigenvalue weighted by atomic mass is 32.1. The Hall–Kier alpha value is -1.81. The summed E-state index contributed by atoms with van der Waals surface area (Å²) in [4.78, 5) is 12.7. The Bertz CT molecular complexity index is 577. The van der Waals surface area contributed by atoms with E-state index in [2.05, 4.69) is 30.4 Å². The van der Waals surface area contributed by atoms with E-state index in [4.69, 9.17) is 5.11 Å². The minimum Gasteiger partial charge on any atom is -0.481 e. The molecule has 0 aliphatic heterocycles. The van der Waals surface area contributed by atoms with Crippen LogP contribution in [0, 0.1) is 0 Å². The number of hydrogen-bond donors (Lipinski definition) is 2. The zero-order chi connectivity index (χ0) is 14.4. The van der Waals surface area contributed by atoms with Crippen LogP contribution in [0.2, 0.25) is 0 Å². The summed E-state index contributed by atoms with van der Waals surface area (Å²) in [6, 6.07) is 12.2. The largest absolute Gasteiger partial charge is 0.481 e. The Labute approximate surface area is 123 Å². The molecule has 0 fully saturated rings. The van der Waals surface area contributed by atoms with E-state index in [1.807, 2.05) is 18.2 Å². The molecule has 4 heteroatoms. The maximum absolute atomic E-state index is 10.7. The Kier molecular flexibility index (Phi) is 5.18. The number of hydrogen-bond acceptors (Lipinski definition) is 3. The molecule has 0 atom stereocenters. The highest BCUT2D eigenvalue weighted by Crippen LogP contribution is 2.21. The van der Waals surface area contributed by atoms with Crippen molar-refractivity contribution in [3.05, 3.63) is 51.7 Å². The van der Waals surface area contributed by atoms with Crippen molar-refractivity contribution in [3.8, 4) is 0 Å². The van der Waals surface area contributed by atoms with E-state index in [0.29, 0.717) is 0 Å². The predicted octanol–water partition coefficient (Wildman–Crippen LogP) is 3.94. The second-order valence-corrected chi connectivity index (χ2v) is 5.95. The molecule has 0 aliphatic carbocycles. The topological polar surface area (TPSA) is 49.3 Å². The van der Waals surface area contributed by atoms with Crippen molar-refractivity contribution in [1.29, 1.82) is 0 Å². The third-order valence-corrected chi connectivity index (χ3v) is 4.12. The number of anilines is 1. The van der Waals surface area contributed by atoms with Crippen molar-refractivity contribution in [2.24, 2.45) is 0 Å². The van der Waals surface area contributed by atoms with Crippen molar-refractivity contribution in [2.75, 3.05) is 5.32 Å². The SMILES string of the molecule is CCCc1ccccc1NCc1ccc(CC(=O)O)s1. The summed E-state index contributed by atoms with van der Waals surface area (Å²) in [6.07, 6.45) is 2.30. The molecule has 2 aromatic rings. The maximum Gasteiger partial charge on any atom is 0.308 e. The molecular formula is C16H19NO2S. The lowest BCUT2D eigenvalue weighted by molar-refractivity contribution is -0.136. The van der Waals surface area contributed by atoms with E-state index in [0.717, 1.165) is 29.1 Å². The van der Waals surface area contributed by atoms with Gasteiger partial charge in [-0.2, -0.15) is 0 Å². The Morgan fingerprint density at radius 3 is 2.70 bits per heavy atom. The van der Waals surface area contributed by atoms with Crippen molar-refractivity contribution < 1.29 is 9.90 Å². The van der Waals surface area contributed by atoms with Crippen LogP contribution in [-0.2, 0) is 24.2 Å². The highest BCUT2D eigenvalue weighted by Gasteiger charge is 2.05. The van der Waals surface area contributed by atoms with E-state index >= 15 is 0 Å². The molecule has 2 rings (SSSR count).